The molecule has 1 spiro atoms. The quantitative estimate of drug-likeness (QED) is 0.405. The van der Waals surface area contributed by atoms with E-state index in [-0.39, 0.29) is 11.8 Å². The molecule has 4 rings (SSSR count). The highest BCUT2D eigenvalue weighted by molar-refractivity contribution is 6.23. The standard InChI is InChI=1S/C29H36N2O2/c1-10-11-23-16-29(23)30(24-19(4)12-17(2)13-20(24)5)26(32)28(8,9)27(33)31(29)25-21(6)14-18(3)15-22(25)7/h12-16H,10-11H2,1-9H3. The molecule has 2 aromatic carbocycles. The maximum atomic E-state index is 14.1. The van der Waals surface area contributed by atoms with Gasteiger partial charge in [0.25, 0.3) is 0 Å². The topological polar surface area (TPSA) is 40.6 Å². The number of aryl methyl sites for hydroxylation is 6. The van der Waals surface area contributed by atoms with Crippen LogP contribution in [0.4, 0.5) is 11.4 Å². The van der Waals surface area contributed by atoms with Crippen LogP contribution in [-0.2, 0) is 9.59 Å². The molecule has 2 amide bonds. The maximum Gasteiger partial charge on any atom is 0.244 e. The predicted molar refractivity (Wildman–Crippen MR) is 136 cm³/mol. The fraction of sp³-hybridized carbons (Fsp3) is 0.448. The van der Waals surface area contributed by atoms with E-state index < -0.39 is 11.1 Å². The van der Waals surface area contributed by atoms with Gasteiger partial charge in [-0.25, -0.2) is 0 Å². The van der Waals surface area contributed by atoms with Crippen molar-refractivity contribution in [2.75, 3.05) is 9.80 Å². The van der Waals surface area contributed by atoms with E-state index in [1.54, 1.807) is 13.8 Å². The van der Waals surface area contributed by atoms with Gasteiger partial charge in [-0.1, -0.05) is 48.7 Å². The molecule has 1 fully saturated rings. The van der Waals surface area contributed by atoms with Gasteiger partial charge in [0.15, 0.2) is 5.66 Å². The molecular formula is C29H36N2O2. The van der Waals surface area contributed by atoms with Crippen molar-refractivity contribution in [3.05, 3.63) is 69.3 Å². The van der Waals surface area contributed by atoms with Gasteiger partial charge in [0.2, 0.25) is 11.8 Å². The average molecular weight is 445 g/mol. The van der Waals surface area contributed by atoms with E-state index in [1.807, 2.05) is 9.80 Å². The van der Waals surface area contributed by atoms with Crippen LogP contribution in [-0.4, -0.2) is 17.5 Å². The van der Waals surface area contributed by atoms with Crippen molar-refractivity contribution >= 4 is 23.2 Å². The summed E-state index contributed by atoms with van der Waals surface area (Å²) in [6.07, 6.45) is 3.94. The first-order chi connectivity index (χ1) is 15.4. The van der Waals surface area contributed by atoms with Crippen molar-refractivity contribution in [1.29, 1.82) is 0 Å². The summed E-state index contributed by atoms with van der Waals surface area (Å²) in [6.45, 7) is 18.1. The number of nitrogens with zero attached hydrogens (tertiary/aromatic N) is 2. The van der Waals surface area contributed by atoms with E-state index in [1.165, 1.54) is 11.1 Å². The molecule has 0 N–H and O–H groups in total. The number of hydrogen-bond donors (Lipinski definition) is 0. The SMILES string of the molecule is CCCC1=CC12N(c1c(C)cc(C)cc1C)C(=O)C(C)(C)C(=O)N2c1c(C)cc(C)cc1C. The van der Waals surface area contributed by atoms with Crippen LogP contribution in [0.2, 0.25) is 0 Å². The highest BCUT2D eigenvalue weighted by atomic mass is 16.2. The lowest BCUT2D eigenvalue weighted by atomic mass is 9.82. The average Bonchev–Trinajstić information content (AvgIpc) is 3.39. The van der Waals surface area contributed by atoms with Crippen molar-refractivity contribution in [2.45, 2.75) is 80.8 Å². The van der Waals surface area contributed by atoms with Crippen LogP contribution in [0.5, 0.6) is 0 Å². The second kappa shape index (κ2) is 7.58. The van der Waals surface area contributed by atoms with Gasteiger partial charge >= 0.3 is 0 Å². The van der Waals surface area contributed by atoms with E-state index in [4.69, 9.17) is 0 Å². The molecule has 33 heavy (non-hydrogen) atoms. The molecule has 4 nitrogen and oxygen atoms in total. The molecule has 0 unspecified atom stereocenters. The van der Waals surface area contributed by atoms with Crippen LogP contribution in [0.15, 0.2) is 35.9 Å². The second-order valence-corrected chi connectivity index (χ2v) is 10.5. The Kier molecular flexibility index (Phi) is 5.35. The molecule has 0 aromatic heterocycles. The number of anilines is 2. The third-order valence-corrected chi connectivity index (χ3v) is 7.16. The first-order valence-corrected chi connectivity index (χ1v) is 11.9. The second-order valence-electron chi connectivity index (χ2n) is 10.5. The Morgan fingerprint density at radius 2 is 1.06 bits per heavy atom. The third-order valence-electron chi connectivity index (χ3n) is 7.16. The lowest BCUT2D eigenvalue weighted by molar-refractivity contribution is -0.141. The van der Waals surface area contributed by atoms with Gasteiger partial charge in [-0.05, 0) is 95.7 Å². The summed E-state index contributed by atoms with van der Waals surface area (Å²) in [4.78, 5) is 32.1. The Morgan fingerprint density at radius 1 is 0.697 bits per heavy atom. The van der Waals surface area contributed by atoms with Gasteiger partial charge in [-0.3, -0.25) is 19.4 Å². The van der Waals surface area contributed by atoms with Crippen LogP contribution in [0.25, 0.3) is 0 Å². The van der Waals surface area contributed by atoms with Crippen LogP contribution in [0.1, 0.15) is 67.0 Å². The normalized spacial score (nSPS) is 18.8. The molecule has 1 saturated heterocycles. The molecule has 0 radical (unpaired) electrons. The highest BCUT2D eigenvalue weighted by Crippen LogP contribution is 2.56. The van der Waals surface area contributed by atoms with E-state index in [2.05, 4.69) is 78.8 Å². The van der Waals surface area contributed by atoms with Crippen molar-refractivity contribution in [1.82, 2.24) is 0 Å². The summed E-state index contributed by atoms with van der Waals surface area (Å²) in [5, 5.41) is 0. The first kappa shape index (κ1) is 23.3. The van der Waals surface area contributed by atoms with E-state index in [9.17, 15) is 9.59 Å². The Morgan fingerprint density at radius 3 is 1.39 bits per heavy atom. The van der Waals surface area contributed by atoms with Gasteiger partial charge in [-0.2, -0.15) is 0 Å². The molecule has 1 heterocycles. The third kappa shape index (κ3) is 3.25. The largest absolute Gasteiger partial charge is 0.279 e. The fourth-order valence-corrected chi connectivity index (χ4v) is 5.80. The number of amides is 2. The molecule has 174 valence electrons. The number of carbonyl (C=O) groups is 2. The Labute approximate surface area is 198 Å². The molecule has 0 atom stereocenters. The number of rotatable bonds is 4. The lowest BCUT2D eigenvalue weighted by Gasteiger charge is -2.52. The smallest absolute Gasteiger partial charge is 0.244 e. The van der Waals surface area contributed by atoms with Crippen LogP contribution in [0, 0.1) is 47.0 Å². The number of benzene rings is 2. The van der Waals surface area contributed by atoms with Crippen molar-refractivity contribution in [3.8, 4) is 0 Å². The predicted octanol–water partition coefficient (Wildman–Crippen LogP) is 6.38. The van der Waals surface area contributed by atoms with Gasteiger partial charge in [0.05, 0.1) is 11.4 Å². The number of carbonyl (C=O) groups excluding carboxylic acids is 2. The van der Waals surface area contributed by atoms with E-state index in [0.717, 1.165) is 52.0 Å². The Balaban J connectivity index is 2.04. The van der Waals surface area contributed by atoms with E-state index >= 15 is 0 Å². The van der Waals surface area contributed by atoms with Crippen molar-refractivity contribution in [3.63, 3.8) is 0 Å². The van der Waals surface area contributed by atoms with E-state index in [0.29, 0.717) is 0 Å². The van der Waals surface area contributed by atoms with Crippen LogP contribution in [0.3, 0.4) is 0 Å². The van der Waals surface area contributed by atoms with Crippen molar-refractivity contribution in [2.24, 2.45) is 5.41 Å². The molecular weight excluding hydrogens is 408 g/mol. The summed E-state index contributed by atoms with van der Waals surface area (Å²) >= 11 is 0. The lowest BCUT2D eigenvalue weighted by Crippen LogP contribution is -2.70. The summed E-state index contributed by atoms with van der Waals surface area (Å²) < 4.78 is 0. The molecule has 0 saturated carbocycles. The zero-order chi connectivity index (χ0) is 24.5. The first-order valence-electron chi connectivity index (χ1n) is 11.9. The minimum atomic E-state index is -1.17. The van der Waals surface area contributed by atoms with Gasteiger partial charge in [0, 0.05) is 0 Å². The summed E-state index contributed by atoms with van der Waals surface area (Å²) in [7, 11) is 0. The summed E-state index contributed by atoms with van der Waals surface area (Å²) in [5.74, 6) is -0.271. The van der Waals surface area contributed by atoms with Gasteiger partial charge in [-0.15, -0.1) is 0 Å². The molecule has 0 bridgehead atoms. The fourth-order valence-electron chi connectivity index (χ4n) is 5.80. The van der Waals surface area contributed by atoms with Gasteiger partial charge in [0.1, 0.15) is 5.41 Å². The minimum absolute atomic E-state index is 0.136. The molecule has 1 aliphatic heterocycles. The van der Waals surface area contributed by atoms with Crippen LogP contribution >= 0.6 is 0 Å². The Bertz CT molecular complexity index is 1090. The molecule has 4 heteroatoms. The Hall–Kier alpha value is -2.88. The summed E-state index contributed by atoms with van der Waals surface area (Å²) in [6, 6.07) is 8.51. The van der Waals surface area contributed by atoms with Gasteiger partial charge < -0.3 is 0 Å². The molecule has 1 aliphatic carbocycles. The zero-order valence-corrected chi connectivity index (χ0v) is 21.5. The molecule has 2 aromatic rings. The minimum Gasteiger partial charge on any atom is -0.279 e. The van der Waals surface area contributed by atoms with Crippen LogP contribution < -0.4 is 9.80 Å². The zero-order valence-electron chi connectivity index (χ0n) is 21.5. The molecule has 2 aliphatic rings. The summed E-state index contributed by atoms with van der Waals surface area (Å²) in [5.41, 5.74) is 7.50. The maximum absolute atomic E-state index is 14.1. The highest BCUT2D eigenvalue weighted by Gasteiger charge is 2.66. The van der Waals surface area contributed by atoms with Crippen molar-refractivity contribution < 1.29 is 9.59 Å². The monoisotopic (exact) mass is 444 g/mol. The number of hydrogen-bond acceptors (Lipinski definition) is 2.